The predicted molar refractivity (Wildman–Crippen MR) is 116 cm³/mol. The zero-order valence-electron chi connectivity index (χ0n) is 17.3. The molecule has 0 radical (unpaired) electrons. The summed E-state index contributed by atoms with van der Waals surface area (Å²) in [4.78, 5) is 26.4. The van der Waals surface area contributed by atoms with E-state index >= 15 is 0 Å². The molecule has 7 heteroatoms. The first-order valence-electron chi connectivity index (χ1n) is 9.50. The molecule has 2 rings (SSSR count). The highest BCUT2D eigenvalue weighted by Gasteiger charge is 2.16. The lowest BCUT2D eigenvalue weighted by Crippen LogP contribution is -2.40. The highest BCUT2D eigenvalue weighted by atomic mass is 35.5. The van der Waals surface area contributed by atoms with Crippen LogP contribution in [0.5, 0.6) is 5.75 Å². The number of amides is 2. The van der Waals surface area contributed by atoms with Gasteiger partial charge in [0.25, 0.3) is 0 Å². The Labute approximate surface area is 177 Å². The molecule has 0 fully saturated rings. The fourth-order valence-corrected chi connectivity index (χ4v) is 3.15. The van der Waals surface area contributed by atoms with Crippen molar-refractivity contribution in [2.24, 2.45) is 0 Å². The minimum absolute atomic E-state index is 0.0546. The fraction of sp³-hybridized carbons (Fsp3) is 0.364. The van der Waals surface area contributed by atoms with Gasteiger partial charge in [0.1, 0.15) is 5.75 Å². The molecule has 0 aliphatic heterocycles. The largest absolute Gasteiger partial charge is 0.495 e. The maximum Gasteiger partial charge on any atom is 0.238 e. The molecule has 0 aliphatic carbocycles. The molecule has 0 unspecified atom stereocenters. The number of nitrogens with one attached hydrogen (secondary N) is 2. The summed E-state index contributed by atoms with van der Waals surface area (Å²) >= 11 is 5.98. The molecule has 0 aromatic heterocycles. The summed E-state index contributed by atoms with van der Waals surface area (Å²) in [5.41, 5.74) is 2.74. The Morgan fingerprint density at radius 2 is 1.76 bits per heavy atom. The quantitative estimate of drug-likeness (QED) is 0.651. The van der Waals surface area contributed by atoms with E-state index in [9.17, 15) is 9.59 Å². The summed E-state index contributed by atoms with van der Waals surface area (Å²) < 4.78 is 5.23. The van der Waals surface area contributed by atoms with Crippen LogP contribution in [0.3, 0.4) is 0 Å². The predicted octanol–water partition coefficient (Wildman–Crippen LogP) is 3.79. The summed E-state index contributed by atoms with van der Waals surface area (Å²) in [6.07, 6.45) is 0.785. The van der Waals surface area contributed by atoms with Crippen molar-refractivity contribution < 1.29 is 14.3 Å². The summed E-state index contributed by atoms with van der Waals surface area (Å²) in [6.45, 7) is 4.23. The van der Waals surface area contributed by atoms with Gasteiger partial charge < -0.3 is 15.4 Å². The number of hydrogen-bond acceptors (Lipinski definition) is 4. The summed E-state index contributed by atoms with van der Waals surface area (Å²) in [7, 11) is 3.24. The third kappa shape index (κ3) is 7.07. The Balaban J connectivity index is 1.88. The van der Waals surface area contributed by atoms with E-state index in [4.69, 9.17) is 16.3 Å². The number of carbonyl (C=O) groups excluding carboxylic acids is 2. The third-order valence-corrected chi connectivity index (χ3v) is 4.72. The number of ether oxygens (including phenoxy) is 1. The van der Waals surface area contributed by atoms with E-state index < -0.39 is 0 Å². The molecule has 2 amide bonds. The van der Waals surface area contributed by atoms with Gasteiger partial charge >= 0.3 is 0 Å². The standard InChI is InChI=1S/C22H28ClN3O3/c1-5-18(16-8-6-15(2)7-9-16)24-21(27)13-26(3)14-22(28)25-19-12-17(23)10-11-20(19)29-4/h6-12,18H,5,13-14H2,1-4H3,(H,24,27)(H,25,28)/t18-/m0/s1. The van der Waals surface area contributed by atoms with Gasteiger partial charge in [-0.3, -0.25) is 14.5 Å². The topological polar surface area (TPSA) is 70.7 Å². The van der Waals surface area contributed by atoms with Crippen LogP contribution in [-0.4, -0.2) is 44.0 Å². The molecule has 0 saturated heterocycles. The average molecular weight is 418 g/mol. The molecule has 156 valence electrons. The molecule has 0 saturated carbocycles. The average Bonchev–Trinajstić information content (AvgIpc) is 2.66. The molecule has 2 N–H and O–H groups in total. The number of benzene rings is 2. The molecule has 2 aromatic carbocycles. The number of rotatable bonds is 9. The Morgan fingerprint density at radius 1 is 1.10 bits per heavy atom. The van der Waals surface area contributed by atoms with Gasteiger partial charge in [-0.2, -0.15) is 0 Å². The van der Waals surface area contributed by atoms with E-state index in [0.29, 0.717) is 16.5 Å². The van der Waals surface area contributed by atoms with Gasteiger partial charge in [0.15, 0.2) is 0 Å². The lowest BCUT2D eigenvalue weighted by molar-refractivity contribution is -0.123. The first-order valence-corrected chi connectivity index (χ1v) is 9.88. The van der Waals surface area contributed by atoms with Crippen molar-refractivity contribution in [1.29, 1.82) is 0 Å². The number of nitrogens with zero attached hydrogens (tertiary/aromatic N) is 1. The van der Waals surface area contributed by atoms with Crippen molar-refractivity contribution in [3.63, 3.8) is 0 Å². The van der Waals surface area contributed by atoms with Crippen LogP contribution in [0.2, 0.25) is 5.02 Å². The van der Waals surface area contributed by atoms with E-state index in [1.165, 1.54) is 12.7 Å². The SMILES string of the molecule is CC[C@H](NC(=O)CN(C)CC(=O)Nc1cc(Cl)ccc1OC)c1ccc(C)cc1. The molecule has 2 aromatic rings. The van der Waals surface area contributed by atoms with Crippen molar-refractivity contribution in [3.8, 4) is 5.75 Å². The molecular formula is C22H28ClN3O3. The summed E-state index contributed by atoms with van der Waals surface area (Å²) in [5.74, 6) is 0.131. The Hall–Kier alpha value is -2.57. The number of carbonyl (C=O) groups is 2. The van der Waals surface area contributed by atoms with E-state index in [1.807, 2.05) is 38.1 Å². The van der Waals surface area contributed by atoms with Crippen LogP contribution in [0.1, 0.15) is 30.5 Å². The number of hydrogen-bond donors (Lipinski definition) is 2. The first kappa shape index (κ1) is 22.7. The molecular weight excluding hydrogens is 390 g/mol. The Kier molecular flexibility index (Phi) is 8.49. The molecule has 1 atom stereocenters. The number of aryl methyl sites for hydroxylation is 1. The van der Waals surface area contributed by atoms with Crippen LogP contribution >= 0.6 is 11.6 Å². The van der Waals surface area contributed by atoms with E-state index in [1.54, 1.807) is 30.1 Å². The number of methoxy groups -OCH3 is 1. The molecule has 0 bridgehead atoms. The second kappa shape index (κ2) is 10.8. The fourth-order valence-electron chi connectivity index (χ4n) is 2.97. The smallest absolute Gasteiger partial charge is 0.238 e. The van der Waals surface area contributed by atoms with Gasteiger partial charge in [-0.25, -0.2) is 0 Å². The van der Waals surface area contributed by atoms with Crippen LogP contribution in [-0.2, 0) is 9.59 Å². The lowest BCUT2D eigenvalue weighted by atomic mass is 10.0. The molecule has 29 heavy (non-hydrogen) atoms. The number of likely N-dealkylation sites (N-methyl/N-ethyl adjacent to an activating group) is 1. The molecule has 0 spiro atoms. The van der Waals surface area contributed by atoms with Crippen LogP contribution in [0.15, 0.2) is 42.5 Å². The summed E-state index contributed by atoms with van der Waals surface area (Å²) in [5, 5.41) is 6.30. The summed E-state index contributed by atoms with van der Waals surface area (Å²) in [6, 6.07) is 13.1. The van der Waals surface area contributed by atoms with Crippen molar-refractivity contribution in [2.45, 2.75) is 26.3 Å². The lowest BCUT2D eigenvalue weighted by Gasteiger charge is -2.21. The van der Waals surface area contributed by atoms with Crippen molar-refractivity contribution in [3.05, 3.63) is 58.6 Å². The highest BCUT2D eigenvalue weighted by Crippen LogP contribution is 2.27. The first-order chi connectivity index (χ1) is 13.8. The van der Waals surface area contributed by atoms with E-state index in [-0.39, 0.29) is 30.9 Å². The van der Waals surface area contributed by atoms with Crippen molar-refractivity contribution in [2.75, 3.05) is 32.6 Å². The van der Waals surface area contributed by atoms with Crippen molar-refractivity contribution >= 4 is 29.1 Å². The monoisotopic (exact) mass is 417 g/mol. The maximum absolute atomic E-state index is 12.4. The van der Waals surface area contributed by atoms with Gasteiger partial charge in [-0.05, 0) is 44.2 Å². The van der Waals surface area contributed by atoms with E-state index in [0.717, 1.165) is 12.0 Å². The minimum Gasteiger partial charge on any atom is -0.495 e. The van der Waals surface area contributed by atoms with Crippen LogP contribution in [0, 0.1) is 6.92 Å². The molecule has 0 aliphatic rings. The normalized spacial score (nSPS) is 11.8. The zero-order chi connectivity index (χ0) is 21.4. The maximum atomic E-state index is 12.4. The van der Waals surface area contributed by atoms with Gasteiger partial charge in [-0.15, -0.1) is 0 Å². The molecule has 0 heterocycles. The van der Waals surface area contributed by atoms with Crippen LogP contribution < -0.4 is 15.4 Å². The second-order valence-corrected chi connectivity index (χ2v) is 7.44. The van der Waals surface area contributed by atoms with Crippen molar-refractivity contribution in [1.82, 2.24) is 10.2 Å². The van der Waals surface area contributed by atoms with Crippen LogP contribution in [0.4, 0.5) is 5.69 Å². The molecule has 6 nitrogen and oxygen atoms in total. The zero-order valence-corrected chi connectivity index (χ0v) is 18.0. The third-order valence-electron chi connectivity index (χ3n) is 4.49. The Bertz CT molecular complexity index is 840. The minimum atomic E-state index is -0.258. The van der Waals surface area contributed by atoms with Gasteiger partial charge in [-0.1, -0.05) is 48.4 Å². The Morgan fingerprint density at radius 3 is 2.38 bits per heavy atom. The second-order valence-electron chi connectivity index (χ2n) is 7.00. The number of halogens is 1. The highest BCUT2D eigenvalue weighted by molar-refractivity contribution is 6.31. The van der Waals surface area contributed by atoms with Crippen LogP contribution in [0.25, 0.3) is 0 Å². The number of anilines is 1. The van der Waals surface area contributed by atoms with E-state index in [2.05, 4.69) is 10.6 Å². The van der Waals surface area contributed by atoms with Gasteiger partial charge in [0.2, 0.25) is 11.8 Å². The van der Waals surface area contributed by atoms with Gasteiger partial charge in [0.05, 0.1) is 31.9 Å². The van der Waals surface area contributed by atoms with Gasteiger partial charge in [0, 0.05) is 5.02 Å².